The maximum atomic E-state index is 12.7. The summed E-state index contributed by atoms with van der Waals surface area (Å²) in [5.41, 5.74) is 0.144. The fourth-order valence-electron chi connectivity index (χ4n) is 11.8. The lowest BCUT2D eigenvalue weighted by molar-refractivity contribution is -0.177. The number of hydrogen-bond donors (Lipinski definition) is 3. The van der Waals surface area contributed by atoms with Gasteiger partial charge < -0.3 is 29.7 Å². The van der Waals surface area contributed by atoms with Crippen molar-refractivity contribution in [2.75, 3.05) is 20.2 Å². The van der Waals surface area contributed by atoms with E-state index in [-0.39, 0.29) is 31.2 Å². The van der Waals surface area contributed by atoms with Crippen LogP contribution in [0.15, 0.2) is 0 Å². The standard InChI is InChI=1S/C32H51NO5.CH4O.H2/c1-28(2)24-10-8-19-21-17-23-20(7-9-22(37-23)26(34)29(3,4)36)30(21,5)13-14-31(19)18-32(24,31)12-11-25(28)38-27(35)33-15-6-16-33;1-2;/h19-26,34,36H,6-18H2,1-5H3;2H,1H3;1H/t19?,20?,21?,22?,23?,24?,25-,26-,30?,31-,32?;;/m0../s1. The van der Waals surface area contributed by atoms with E-state index in [1.807, 2.05) is 4.90 Å². The molecule has 2 spiro atoms. The number of likely N-dealkylation sites (tertiary alicyclic amines) is 1. The number of carbonyl (C=O) groups is 1. The zero-order valence-electron chi connectivity index (χ0n) is 25.8. The first kappa shape index (κ1) is 29.2. The first-order valence-electron chi connectivity index (χ1n) is 16.3. The quantitative estimate of drug-likeness (QED) is 0.426. The van der Waals surface area contributed by atoms with Crippen LogP contribution < -0.4 is 0 Å². The van der Waals surface area contributed by atoms with Crippen molar-refractivity contribution in [1.29, 1.82) is 0 Å². The largest absolute Gasteiger partial charge is 0.446 e. The van der Waals surface area contributed by atoms with Gasteiger partial charge in [-0.2, -0.15) is 0 Å². The minimum atomic E-state index is -1.13. The zero-order chi connectivity index (χ0) is 28.9. The van der Waals surface area contributed by atoms with Gasteiger partial charge in [0.1, 0.15) is 12.2 Å². The van der Waals surface area contributed by atoms with Crippen LogP contribution in [-0.4, -0.2) is 76.5 Å². The number of amides is 1. The maximum Gasteiger partial charge on any atom is 0.410 e. The molecular formula is C33H57NO6. The Morgan fingerprint density at radius 3 is 2.33 bits per heavy atom. The fourth-order valence-corrected chi connectivity index (χ4v) is 11.8. The van der Waals surface area contributed by atoms with E-state index in [9.17, 15) is 15.0 Å². The third-order valence-electron chi connectivity index (χ3n) is 14.0. The van der Waals surface area contributed by atoms with Crippen molar-refractivity contribution >= 4 is 6.09 Å². The Kier molecular flexibility index (Phi) is 6.97. The summed E-state index contributed by atoms with van der Waals surface area (Å²) in [5, 5.41) is 28.2. The summed E-state index contributed by atoms with van der Waals surface area (Å²) in [4.78, 5) is 14.6. The van der Waals surface area contributed by atoms with Gasteiger partial charge in [-0.25, -0.2) is 4.79 Å². The minimum Gasteiger partial charge on any atom is -0.446 e. The molecule has 0 aromatic heterocycles. The van der Waals surface area contributed by atoms with E-state index >= 15 is 0 Å². The summed E-state index contributed by atoms with van der Waals surface area (Å²) in [6, 6.07) is 0. The van der Waals surface area contributed by atoms with Gasteiger partial charge in [0, 0.05) is 27.0 Å². The molecule has 0 aromatic carbocycles. The molecule has 0 bridgehead atoms. The third-order valence-corrected chi connectivity index (χ3v) is 14.0. The van der Waals surface area contributed by atoms with E-state index in [2.05, 4.69) is 20.8 Å². The summed E-state index contributed by atoms with van der Waals surface area (Å²) < 4.78 is 12.8. The van der Waals surface area contributed by atoms with Crippen LogP contribution in [0.5, 0.6) is 0 Å². The first-order chi connectivity index (χ1) is 18.8. The molecule has 0 radical (unpaired) electrons. The van der Waals surface area contributed by atoms with Crippen molar-refractivity contribution in [2.45, 2.75) is 135 Å². The van der Waals surface area contributed by atoms with Gasteiger partial charge in [-0.3, -0.25) is 0 Å². The van der Waals surface area contributed by atoms with Gasteiger partial charge in [-0.1, -0.05) is 20.8 Å². The van der Waals surface area contributed by atoms with Gasteiger partial charge in [0.25, 0.3) is 0 Å². The average molecular weight is 564 g/mol. The molecule has 2 heterocycles. The summed E-state index contributed by atoms with van der Waals surface area (Å²) in [5.74, 6) is 2.70. The van der Waals surface area contributed by atoms with E-state index < -0.39 is 11.7 Å². The van der Waals surface area contributed by atoms with Gasteiger partial charge in [-0.15, -0.1) is 0 Å². The van der Waals surface area contributed by atoms with Crippen LogP contribution in [0.25, 0.3) is 0 Å². The third kappa shape index (κ3) is 3.92. The second kappa shape index (κ2) is 9.56. The maximum absolute atomic E-state index is 12.7. The molecule has 7 aliphatic rings. The summed E-state index contributed by atoms with van der Waals surface area (Å²) in [7, 11) is 1.00. The highest BCUT2D eigenvalue weighted by atomic mass is 16.6. The predicted molar refractivity (Wildman–Crippen MR) is 155 cm³/mol. The lowest BCUT2D eigenvalue weighted by Crippen LogP contribution is -2.56. The van der Waals surface area contributed by atoms with E-state index in [0.717, 1.165) is 58.2 Å². The number of aliphatic hydroxyl groups excluding tert-OH is 2. The second-order valence-electron chi connectivity index (χ2n) is 16.1. The van der Waals surface area contributed by atoms with Crippen molar-refractivity contribution in [2.24, 2.45) is 45.3 Å². The SMILES string of the molecule is CC12CC[C@@]34CC35CC[C@H](OC(=O)N3CCC3)C(C)(C)C5CCC4C1CC1OC([C@H](O)C(C)(C)O)CCC12.CO.[HH]. The van der Waals surface area contributed by atoms with E-state index in [1.54, 1.807) is 13.8 Å². The number of hydrogen-bond acceptors (Lipinski definition) is 6. The molecule has 5 aliphatic carbocycles. The molecule has 7 nitrogen and oxygen atoms in total. The lowest BCUT2D eigenvalue weighted by atomic mass is 9.46. The molecule has 230 valence electrons. The molecule has 7 rings (SSSR count). The van der Waals surface area contributed by atoms with Crippen LogP contribution in [0, 0.1) is 45.3 Å². The van der Waals surface area contributed by atoms with Crippen molar-refractivity contribution < 1.29 is 31.0 Å². The Morgan fingerprint density at radius 1 is 0.975 bits per heavy atom. The smallest absolute Gasteiger partial charge is 0.410 e. The molecule has 2 aliphatic heterocycles. The van der Waals surface area contributed by atoms with Crippen LogP contribution in [0.1, 0.15) is 107 Å². The number of nitrogens with zero attached hydrogens (tertiary/aromatic N) is 1. The second-order valence-corrected chi connectivity index (χ2v) is 16.1. The highest BCUT2D eigenvalue weighted by Crippen LogP contribution is 2.87. The van der Waals surface area contributed by atoms with Crippen molar-refractivity contribution in [3.05, 3.63) is 0 Å². The highest BCUT2D eigenvalue weighted by molar-refractivity contribution is 5.68. The van der Waals surface area contributed by atoms with Gasteiger partial charge in [0.15, 0.2) is 0 Å². The molecular weight excluding hydrogens is 506 g/mol. The van der Waals surface area contributed by atoms with Crippen molar-refractivity contribution in [3.63, 3.8) is 0 Å². The number of fused-ring (bicyclic) bond motifs is 4. The molecule has 2 saturated heterocycles. The molecule has 8 unspecified atom stereocenters. The van der Waals surface area contributed by atoms with Crippen LogP contribution in [0.2, 0.25) is 0 Å². The van der Waals surface area contributed by atoms with Gasteiger partial charge >= 0.3 is 6.09 Å². The van der Waals surface area contributed by atoms with Crippen LogP contribution in [-0.2, 0) is 9.47 Å². The Bertz CT molecular complexity index is 997. The Labute approximate surface area is 242 Å². The normalized spacial score (nSPS) is 48.9. The molecule has 40 heavy (non-hydrogen) atoms. The molecule has 5 saturated carbocycles. The lowest BCUT2D eigenvalue weighted by Gasteiger charge is -2.59. The minimum absolute atomic E-state index is 0. The average Bonchev–Trinajstić information content (AvgIpc) is 3.45. The molecule has 0 aromatic rings. The molecule has 1 amide bonds. The number of aliphatic hydroxyl groups is 3. The molecule has 7 heteroatoms. The van der Waals surface area contributed by atoms with E-state index in [1.165, 1.54) is 38.5 Å². The Hall–Kier alpha value is -0.890. The Morgan fingerprint density at radius 2 is 1.68 bits per heavy atom. The summed E-state index contributed by atoms with van der Waals surface area (Å²) in [6.45, 7) is 12.5. The number of ether oxygens (including phenoxy) is 2. The van der Waals surface area contributed by atoms with Gasteiger partial charge in [0.05, 0.1) is 17.8 Å². The summed E-state index contributed by atoms with van der Waals surface area (Å²) in [6.07, 6.45) is 12.1. The van der Waals surface area contributed by atoms with Gasteiger partial charge in [0.2, 0.25) is 0 Å². The molecule has 11 atom stereocenters. The zero-order valence-corrected chi connectivity index (χ0v) is 25.8. The van der Waals surface area contributed by atoms with Crippen LogP contribution >= 0.6 is 0 Å². The number of carbonyl (C=O) groups excluding carboxylic acids is 1. The van der Waals surface area contributed by atoms with Gasteiger partial charge in [-0.05, 0) is 124 Å². The fraction of sp³-hybridized carbons (Fsp3) is 0.970. The highest BCUT2D eigenvalue weighted by Gasteiger charge is 2.81. The molecule has 3 N–H and O–H groups in total. The van der Waals surface area contributed by atoms with Crippen molar-refractivity contribution in [3.8, 4) is 0 Å². The van der Waals surface area contributed by atoms with E-state index in [4.69, 9.17) is 14.6 Å². The topological polar surface area (TPSA) is 99.5 Å². The van der Waals surface area contributed by atoms with Crippen molar-refractivity contribution in [1.82, 2.24) is 4.90 Å². The molecule has 7 fully saturated rings. The van der Waals surface area contributed by atoms with E-state index in [0.29, 0.717) is 34.0 Å². The summed E-state index contributed by atoms with van der Waals surface area (Å²) >= 11 is 0. The monoisotopic (exact) mass is 563 g/mol. The van der Waals surface area contributed by atoms with Crippen LogP contribution in [0.4, 0.5) is 4.79 Å². The Balaban J connectivity index is 0.00000110. The number of rotatable bonds is 3. The predicted octanol–water partition coefficient (Wildman–Crippen LogP) is 5.39. The first-order valence-corrected chi connectivity index (χ1v) is 16.3. The van der Waals surface area contributed by atoms with Crippen LogP contribution in [0.3, 0.4) is 0 Å².